The highest BCUT2D eigenvalue weighted by Gasteiger charge is 2.54. The predicted octanol–water partition coefficient (Wildman–Crippen LogP) is 4.98. The average Bonchev–Trinajstić information content (AvgIpc) is 3.02. The van der Waals surface area contributed by atoms with Crippen LogP contribution in [0, 0.1) is 17.3 Å². The van der Waals surface area contributed by atoms with Crippen LogP contribution in [-0.4, -0.2) is 19.3 Å². The van der Waals surface area contributed by atoms with Gasteiger partial charge in [-0.2, -0.15) is 0 Å². The molecule has 3 N–H and O–H groups in total. The van der Waals surface area contributed by atoms with Crippen molar-refractivity contribution in [3.63, 3.8) is 0 Å². The average molecular weight is 371 g/mol. The number of hydrogen-bond acceptors (Lipinski definition) is 3. The quantitative estimate of drug-likeness (QED) is 0.694. The molecule has 0 spiro atoms. The number of nitrogens with two attached hydrogens (primary N) is 1. The standard InChI is InChI=1S/C24H38N2O/c1-4-5-6-23(25)26-22-12-11-21-20-9-7-16-15-17(27-3)8-10-18(16)19(20)13-14-24(21,22)2/h8,10,15,19-23,26H,4-7,9,11-14,25H2,1-3H3/t19-,20-,21+,22+,23?,24+/m1/s1. The number of hydrogen-bond donors (Lipinski definition) is 2. The van der Waals surface area contributed by atoms with Crippen LogP contribution in [0.25, 0.3) is 0 Å². The fourth-order valence-electron chi connectivity index (χ4n) is 6.73. The van der Waals surface area contributed by atoms with Gasteiger partial charge in [-0.1, -0.05) is 32.8 Å². The van der Waals surface area contributed by atoms with Gasteiger partial charge in [0.25, 0.3) is 0 Å². The Balaban J connectivity index is 1.50. The highest BCUT2D eigenvalue weighted by atomic mass is 16.5. The fourth-order valence-corrected chi connectivity index (χ4v) is 6.73. The van der Waals surface area contributed by atoms with Crippen molar-refractivity contribution in [1.29, 1.82) is 0 Å². The molecule has 6 atom stereocenters. The third kappa shape index (κ3) is 3.42. The molecule has 4 rings (SSSR count). The smallest absolute Gasteiger partial charge is 0.119 e. The van der Waals surface area contributed by atoms with Crippen molar-refractivity contribution in [2.24, 2.45) is 23.0 Å². The van der Waals surface area contributed by atoms with Crippen LogP contribution < -0.4 is 15.8 Å². The highest BCUT2D eigenvalue weighted by Crippen LogP contribution is 2.61. The first kappa shape index (κ1) is 19.3. The maximum Gasteiger partial charge on any atom is 0.119 e. The molecule has 0 heterocycles. The largest absolute Gasteiger partial charge is 0.497 e. The molecule has 27 heavy (non-hydrogen) atoms. The minimum absolute atomic E-state index is 0.169. The normalized spacial score (nSPS) is 35.9. The van der Waals surface area contributed by atoms with E-state index in [1.807, 2.05) is 0 Å². The topological polar surface area (TPSA) is 47.3 Å². The molecule has 1 aromatic rings. The molecule has 0 radical (unpaired) electrons. The van der Waals surface area contributed by atoms with Crippen molar-refractivity contribution in [1.82, 2.24) is 5.32 Å². The number of nitrogens with one attached hydrogen (secondary N) is 1. The van der Waals surface area contributed by atoms with Crippen LogP contribution >= 0.6 is 0 Å². The van der Waals surface area contributed by atoms with Crippen LogP contribution in [0.5, 0.6) is 5.75 Å². The lowest BCUT2D eigenvalue weighted by atomic mass is 9.55. The Bertz CT molecular complexity index is 660. The Morgan fingerprint density at radius 2 is 2.11 bits per heavy atom. The molecule has 2 saturated carbocycles. The zero-order valence-corrected chi connectivity index (χ0v) is 17.5. The maximum atomic E-state index is 6.42. The van der Waals surface area contributed by atoms with E-state index in [0.29, 0.717) is 11.5 Å². The summed E-state index contributed by atoms with van der Waals surface area (Å²) in [6.45, 7) is 4.81. The first-order valence-corrected chi connectivity index (χ1v) is 11.2. The molecule has 0 aliphatic heterocycles. The third-order valence-corrected chi connectivity index (χ3v) is 8.22. The van der Waals surface area contributed by atoms with Crippen molar-refractivity contribution in [3.8, 4) is 5.75 Å². The summed E-state index contributed by atoms with van der Waals surface area (Å²) in [6, 6.07) is 7.41. The first-order valence-electron chi connectivity index (χ1n) is 11.2. The number of benzene rings is 1. The van der Waals surface area contributed by atoms with E-state index in [1.165, 1.54) is 56.9 Å². The Morgan fingerprint density at radius 1 is 1.26 bits per heavy atom. The third-order valence-electron chi connectivity index (χ3n) is 8.22. The molecule has 3 nitrogen and oxygen atoms in total. The molecule has 3 aliphatic carbocycles. The first-order chi connectivity index (χ1) is 13.1. The lowest BCUT2D eigenvalue weighted by Crippen LogP contribution is -2.53. The molecule has 0 amide bonds. The van der Waals surface area contributed by atoms with E-state index in [0.717, 1.165) is 29.9 Å². The van der Waals surface area contributed by atoms with Crippen LogP contribution in [0.3, 0.4) is 0 Å². The van der Waals surface area contributed by atoms with Crippen LogP contribution in [0.2, 0.25) is 0 Å². The molecule has 3 heteroatoms. The summed E-state index contributed by atoms with van der Waals surface area (Å²) in [4.78, 5) is 0. The van der Waals surface area contributed by atoms with E-state index in [4.69, 9.17) is 10.5 Å². The summed E-state index contributed by atoms with van der Waals surface area (Å²) < 4.78 is 5.46. The number of rotatable bonds is 6. The fraction of sp³-hybridized carbons (Fsp3) is 0.750. The Hall–Kier alpha value is -1.06. The van der Waals surface area contributed by atoms with Crippen LogP contribution in [-0.2, 0) is 6.42 Å². The van der Waals surface area contributed by atoms with Crippen molar-refractivity contribution in [2.45, 2.75) is 89.8 Å². The summed E-state index contributed by atoms with van der Waals surface area (Å²) >= 11 is 0. The summed E-state index contributed by atoms with van der Waals surface area (Å²) in [7, 11) is 1.77. The summed E-state index contributed by atoms with van der Waals surface area (Å²) in [6.07, 6.45) is 11.6. The number of aryl methyl sites for hydroxylation is 1. The Morgan fingerprint density at radius 3 is 2.89 bits per heavy atom. The second kappa shape index (κ2) is 7.75. The van der Waals surface area contributed by atoms with Crippen LogP contribution in [0.1, 0.15) is 82.3 Å². The van der Waals surface area contributed by atoms with Gasteiger partial charge in [-0.05, 0) is 91.4 Å². The molecule has 1 aromatic carbocycles. The Kier molecular flexibility index (Phi) is 5.53. The predicted molar refractivity (Wildman–Crippen MR) is 112 cm³/mol. The minimum atomic E-state index is 0.169. The van der Waals surface area contributed by atoms with Crippen molar-refractivity contribution in [3.05, 3.63) is 29.3 Å². The monoisotopic (exact) mass is 370 g/mol. The van der Waals surface area contributed by atoms with E-state index in [1.54, 1.807) is 12.7 Å². The van der Waals surface area contributed by atoms with E-state index < -0.39 is 0 Å². The molecule has 0 saturated heterocycles. The lowest BCUT2D eigenvalue weighted by molar-refractivity contribution is 0.0381. The lowest BCUT2D eigenvalue weighted by Gasteiger charge is -2.51. The SMILES string of the molecule is CCCCC(N)N[C@H]1CC[C@H]2[C@@H]3CCc4cc(OC)ccc4[C@H]3CC[C@]12C. The van der Waals surface area contributed by atoms with Gasteiger partial charge in [0, 0.05) is 6.04 Å². The van der Waals surface area contributed by atoms with Gasteiger partial charge in [-0.25, -0.2) is 0 Å². The van der Waals surface area contributed by atoms with Gasteiger partial charge in [-0.3, -0.25) is 5.32 Å². The number of fused-ring (bicyclic) bond motifs is 5. The number of unbranched alkanes of at least 4 members (excludes halogenated alkanes) is 1. The van der Waals surface area contributed by atoms with Crippen LogP contribution in [0.15, 0.2) is 18.2 Å². The molecular formula is C24H38N2O. The highest BCUT2D eigenvalue weighted by molar-refractivity contribution is 5.40. The summed E-state index contributed by atoms with van der Waals surface area (Å²) in [5.74, 6) is 3.47. The van der Waals surface area contributed by atoms with Gasteiger partial charge >= 0.3 is 0 Å². The Labute approximate surface area is 165 Å². The van der Waals surface area contributed by atoms with Gasteiger partial charge in [0.15, 0.2) is 0 Å². The van der Waals surface area contributed by atoms with Gasteiger partial charge in [0.2, 0.25) is 0 Å². The van der Waals surface area contributed by atoms with E-state index in [9.17, 15) is 0 Å². The molecule has 0 bridgehead atoms. The van der Waals surface area contributed by atoms with E-state index in [2.05, 4.69) is 37.4 Å². The van der Waals surface area contributed by atoms with Gasteiger partial charge < -0.3 is 10.5 Å². The zero-order valence-electron chi connectivity index (χ0n) is 17.5. The number of ether oxygens (including phenoxy) is 1. The molecule has 150 valence electrons. The van der Waals surface area contributed by atoms with Gasteiger partial charge in [0.1, 0.15) is 5.75 Å². The molecule has 0 aromatic heterocycles. The van der Waals surface area contributed by atoms with E-state index in [-0.39, 0.29) is 6.17 Å². The molecule has 2 fully saturated rings. The van der Waals surface area contributed by atoms with Crippen molar-refractivity contribution < 1.29 is 4.74 Å². The molecule has 1 unspecified atom stereocenters. The van der Waals surface area contributed by atoms with Crippen molar-refractivity contribution >= 4 is 0 Å². The second-order valence-corrected chi connectivity index (χ2v) is 9.57. The van der Waals surface area contributed by atoms with E-state index >= 15 is 0 Å². The van der Waals surface area contributed by atoms with Gasteiger partial charge in [0.05, 0.1) is 13.3 Å². The zero-order chi connectivity index (χ0) is 19.0. The minimum Gasteiger partial charge on any atom is -0.497 e. The summed E-state index contributed by atoms with van der Waals surface area (Å²) in [5.41, 5.74) is 10.00. The number of methoxy groups -OCH3 is 1. The van der Waals surface area contributed by atoms with Crippen molar-refractivity contribution in [2.75, 3.05) is 7.11 Å². The second-order valence-electron chi connectivity index (χ2n) is 9.57. The molecule has 3 aliphatic rings. The maximum absolute atomic E-state index is 6.42. The van der Waals surface area contributed by atoms with Crippen LogP contribution in [0.4, 0.5) is 0 Å². The summed E-state index contributed by atoms with van der Waals surface area (Å²) in [5, 5.41) is 3.84. The van der Waals surface area contributed by atoms with Gasteiger partial charge in [-0.15, -0.1) is 0 Å². The molecular weight excluding hydrogens is 332 g/mol.